The van der Waals surface area contributed by atoms with Crippen molar-refractivity contribution in [3.63, 3.8) is 0 Å². The quantitative estimate of drug-likeness (QED) is 0.688. The van der Waals surface area contributed by atoms with E-state index in [4.69, 9.17) is 5.73 Å². The van der Waals surface area contributed by atoms with Gasteiger partial charge in [0.15, 0.2) is 15.8 Å². The number of hydrogen-bond donors (Lipinski definition) is 2. The minimum atomic E-state index is -3.59. The number of nitrogens with one attached hydrogen (secondary N) is 1. The third kappa shape index (κ3) is 3.07. The predicted octanol–water partition coefficient (Wildman–Crippen LogP) is 3.28. The van der Waals surface area contributed by atoms with Crippen LogP contribution >= 0.6 is 0 Å². The first-order valence-corrected chi connectivity index (χ1v) is 9.58. The lowest BCUT2D eigenvalue weighted by atomic mass is 9.97. The highest BCUT2D eigenvalue weighted by Crippen LogP contribution is 2.32. The molecule has 7 heteroatoms. The number of aromatic amines is 1. The summed E-state index contributed by atoms with van der Waals surface area (Å²) < 4.78 is 25.7. The fourth-order valence-electron chi connectivity index (χ4n) is 2.75. The Morgan fingerprint density at radius 1 is 1.23 bits per heavy atom. The highest BCUT2D eigenvalue weighted by Gasteiger charge is 2.25. The van der Waals surface area contributed by atoms with Gasteiger partial charge in [0.05, 0.1) is 21.7 Å². The van der Waals surface area contributed by atoms with Crippen molar-refractivity contribution in [1.82, 2.24) is 9.97 Å². The zero-order chi connectivity index (χ0) is 18.9. The smallest absolute Gasteiger partial charge is 0.198 e. The summed E-state index contributed by atoms with van der Waals surface area (Å²) in [5, 5.41) is 8.60. The van der Waals surface area contributed by atoms with Crippen molar-refractivity contribution in [3.8, 4) is 6.07 Å². The first-order chi connectivity index (χ1) is 12.3. The third-order valence-corrected chi connectivity index (χ3v) is 6.27. The van der Waals surface area contributed by atoms with E-state index < -0.39 is 15.1 Å². The van der Waals surface area contributed by atoms with Crippen LogP contribution in [0.5, 0.6) is 0 Å². The number of allylic oxidation sites excluding steroid dienone is 1. The van der Waals surface area contributed by atoms with Crippen LogP contribution in [0, 0.1) is 11.3 Å². The molecule has 0 unspecified atom stereocenters. The number of H-pyrrole nitrogens is 1. The lowest BCUT2D eigenvalue weighted by Gasteiger charge is -2.12. The van der Waals surface area contributed by atoms with Gasteiger partial charge in [-0.25, -0.2) is 13.4 Å². The molecule has 132 valence electrons. The molecule has 26 heavy (non-hydrogen) atoms. The summed E-state index contributed by atoms with van der Waals surface area (Å²) in [5.74, 6) is 0.142. The van der Waals surface area contributed by atoms with Gasteiger partial charge in [0.25, 0.3) is 0 Å². The van der Waals surface area contributed by atoms with E-state index in [0.717, 1.165) is 5.56 Å². The summed E-state index contributed by atoms with van der Waals surface area (Å²) in [6.07, 6.45) is 1.40. The number of nitrogens with zero attached hydrogens (tertiary/aromatic N) is 2. The Hall–Kier alpha value is -3.11. The summed E-state index contributed by atoms with van der Waals surface area (Å²) in [5.41, 5.74) is 8.62. The molecular weight excluding hydrogens is 348 g/mol. The molecule has 3 aromatic rings. The number of sulfone groups is 1. The van der Waals surface area contributed by atoms with Crippen LogP contribution in [-0.2, 0) is 9.84 Å². The van der Waals surface area contributed by atoms with Crippen LogP contribution in [0.15, 0.2) is 53.4 Å². The average molecular weight is 366 g/mol. The predicted molar refractivity (Wildman–Crippen MR) is 102 cm³/mol. The Balaban J connectivity index is 2.34. The van der Waals surface area contributed by atoms with Gasteiger partial charge in [0, 0.05) is 6.08 Å². The summed E-state index contributed by atoms with van der Waals surface area (Å²) in [6.45, 7) is 3.24. The Kier molecular flexibility index (Phi) is 4.53. The largest absolute Gasteiger partial charge is 0.369 e. The van der Waals surface area contributed by atoms with E-state index >= 15 is 0 Å². The Labute approximate surface area is 151 Å². The molecule has 0 aliphatic carbocycles. The van der Waals surface area contributed by atoms with Crippen molar-refractivity contribution >= 4 is 32.4 Å². The van der Waals surface area contributed by atoms with E-state index in [1.807, 2.05) is 36.4 Å². The minimum absolute atomic E-state index is 0.104. The van der Waals surface area contributed by atoms with Crippen LogP contribution in [0.25, 0.3) is 16.6 Å². The van der Waals surface area contributed by atoms with Gasteiger partial charge in [-0.3, -0.25) is 0 Å². The lowest BCUT2D eigenvalue weighted by molar-refractivity contribution is 0.588. The fourth-order valence-corrected chi connectivity index (χ4v) is 3.97. The van der Waals surface area contributed by atoms with Crippen LogP contribution in [0.3, 0.4) is 0 Å². The van der Waals surface area contributed by atoms with Crippen molar-refractivity contribution in [1.29, 1.82) is 5.26 Å². The standard InChI is InChI=1S/C19H18N4O2S/c1-12(2)26(24,25)17-11-14(10-16-18(17)23-19(21)22-16)15(8-9-20)13-6-4-3-5-7-13/h3-8,10-12H,1-2H3,(H3,21,22,23)/b15-8-. The van der Waals surface area contributed by atoms with Gasteiger partial charge < -0.3 is 10.7 Å². The number of hydrogen-bond acceptors (Lipinski definition) is 5. The van der Waals surface area contributed by atoms with Gasteiger partial charge >= 0.3 is 0 Å². The molecule has 0 radical (unpaired) electrons. The lowest BCUT2D eigenvalue weighted by Crippen LogP contribution is -2.15. The van der Waals surface area contributed by atoms with Gasteiger partial charge in [-0.15, -0.1) is 0 Å². The van der Waals surface area contributed by atoms with Gasteiger partial charge in [-0.2, -0.15) is 5.26 Å². The SMILES string of the molecule is CC(C)S(=O)(=O)c1cc(/C(=C\C#N)c2ccccc2)cc2[nH]c(N)nc12. The van der Waals surface area contributed by atoms with E-state index in [-0.39, 0.29) is 10.8 Å². The normalized spacial score (nSPS) is 12.5. The number of imidazole rings is 1. The first-order valence-electron chi connectivity index (χ1n) is 8.03. The monoisotopic (exact) mass is 366 g/mol. The van der Waals surface area contributed by atoms with E-state index in [9.17, 15) is 13.7 Å². The highest BCUT2D eigenvalue weighted by atomic mass is 32.2. The minimum Gasteiger partial charge on any atom is -0.369 e. The number of fused-ring (bicyclic) bond motifs is 1. The number of rotatable bonds is 4. The van der Waals surface area contributed by atoms with Gasteiger partial charge in [-0.05, 0) is 42.7 Å². The van der Waals surface area contributed by atoms with E-state index in [2.05, 4.69) is 9.97 Å². The van der Waals surface area contributed by atoms with Crippen LogP contribution in [0.2, 0.25) is 0 Å². The molecule has 2 aromatic carbocycles. The number of nitrogen functional groups attached to an aromatic ring is 1. The fraction of sp³-hybridized carbons (Fsp3) is 0.158. The maximum atomic E-state index is 12.8. The molecule has 0 aliphatic heterocycles. The Bertz CT molecular complexity index is 1140. The molecule has 0 bridgehead atoms. The van der Waals surface area contributed by atoms with Crippen LogP contribution < -0.4 is 5.73 Å². The van der Waals surface area contributed by atoms with Crippen LogP contribution in [-0.4, -0.2) is 23.6 Å². The molecule has 6 nitrogen and oxygen atoms in total. The van der Waals surface area contributed by atoms with Crippen molar-refractivity contribution in [2.45, 2.75) is 24.0 Å². The molecule has 0 spiro atoms. The number of nitrogens with two attached hydrogens (primary N) is 1. The molecule has 3 rings (SSSR count). The molecule has 0 aliphatic rings. The van der Waals surface area contributed by atoms with Crippen LogP contribution in [0.1, 0.15) is 25.0 Å². The second kappa shape index (κ2) is 6.65. The molecule has 0 atom stereocenters. The van der Waals surface area contributed by atoms with Crippen molar-refractivity contribution < 1.29 is 8.42 Å². The third-order valence-electron chi connectivity index (χ3n) is 4.10. The zero-order valence-electron chi connectivity index (χ0n) is 14.4. The Morgan fingerprint density at radius 2 is 1.92 bits per heavy atom. The Morgan fingerprint density at radius 3 is 2.54 bits per heavy atom. The number of anilines is 1. The molecular formula is C19H18N4O2S. The molecule has 0 amide bonds. The number of benzene rings is 2. The summed E-state index contributed by atoms with van der Waals surface area (Å²) in [4.78, 5) is 7.13. The summed E-state index contributed by atoms with van der Waals surface area (Å²) >= 11 is 0. The van der Waals surface area contributed by atoms with E-state index in [0.29, 0.717) is 22.2 Å². The van der Waals surface area contributed by atoms with E-state index in [1.165, 1.54) is 6.08 Å². The zero-order valence-corrected chi connectivity index (χ0v) is 15.2. The number of aromatic nitrogens is 2. The second-order valence-electron chi connectivity index (χ2n) is 6.14. The average Bonchev–Trinajstić information content (AvgIpc) is 2.99. The summed E-state index contributed by atoms with van der Waals surface area (Å²) in [7, 11) is -3.59. The van der Waals surface area contributed by atoms with E-state index in [1.54, 1.807) is 26.0 Å². The van der Waals surface area contributed by atoms with Crippen LogP contribution in [0.4, 0.5) is 5.95 Å². The van der Waals surface area contributed by atoms with Gasteiger partial charge in [-0.1, -0.05) is 30.3 Å². The molecule has 0 saturated carbocycles. The molecule has 0 saturated heterocycles. The van der Waals surface area contributed by atoms with Crippen molar-refractivity contribution in [2.75, 3.05) is 5.73 Å². The molecule has 0 fully saturated rings. The van der Waals surface area contributed by atoms with Gasteiger partial charge in [0.1, 0.15) is 5.52 Å². The maximum absolute atomic E-state index is 12.8. The molecule has 3 N–H and O–H groups in total. The van der Waals surface area contributed by atoms with Crippen molar-refractivity contribution in [2.24, 2.45) is 0 Å². The van der Waals surface area contributed by atoms with Crippen molar-refractivity contribution in [3.05, 3.63) is 59.7 Å². The second-order valence-corrected chi connectivity index (χ2v) is 8.61. The maximum Gasteiger partial charge on any atom is 0.198 e. The molecule has 1 aromatic heterocycles. The molecule has 1 heterocycles. The summed E-state index contributed by atoms with van der Waals surface area (Å²) in [6, 6.07) is 14.7. The first kappa shape index (κ1) is 17.7. The van der Waals surface area contributed by atoms with Gasteiger partial charge in [0.2, 0.25) is 0 Å². The number of nitriles is 1. The highest BCUT2D eigenvalue weighted by molar-refractivity contribution is 7.92. The topological polar surface area (TPSA) is 113 Å².